The first-order valence-corrected chi connectivity index (χ1v) is 4.59. The Bertz CT molecular complexity index is 281. The summed E-state index contributed by atoms with van der Waals surface area (Å²) in [5, 5.41) is 12.3. The second kappa shape index (κ2) is 4.28. The molecule has 0 aliphatic carbocycles. The first-order valence-electron chi connectivity index (χ1n) is 4.59. The number of aryl methyl sites for hydroxylation is 1. The molecule has 1 rings (SSSR count). The number of aliphatic hydroxyl groups is 1. The summed E-state index contributed by atoms with van der Waals surface area (Å²) in [5.41, 5.74) is 3.64. The molecule has 0 bridgehead atoms. The second-order valence-corrected chi connectivity index (χ2v) is 3.48. The molecule has 1 aromatic carbocycles. The minimum absolute atomic E-state index is 0.306. The van der Waals surface area contributed by atoms with Crippen LogP contribution in [0.2, 0.25) is 0 Å². The lowest BCUT2D eigenvalue weighted by atomic mass is 10.1. The van der Waals surface area contributed by atoms with Crippen LogP contribution in [0.4, 0.5) is 5.69 Å². The van der Waals surface area contributed by atoms with Crippen molar-refractivity contribution in [3.63, 3.8) is 0 Å². The van der Waals surface area contributed by atoms with Gasteiger partial charge in [0, 0.05) is 12.2 Å². The van der Waals surface area contributed by atoms with E-state index >= 15 is 0 Å². The van der Waals surface area contributed by atoms with Crippen molar-refractivity contribution in [1.82, 2.24) is 0 Å². The summed E-state index contributed by atoms with van der Waals surface area (Å²) in [6.45, 7) is 6.55. The molecule has 1 atom stereocenters. The van der Waals surface area contributed by atoms with Crippen LogP contribution in [0.5, 0.6) is 0 Å². The highest BCUT2D eigenvalue weighted by molar-refractivity contribution is 5.53. The first-order chi connectivity index (χ1) is 6.11. The van der Waals surface area contributed by atoms with Gasteiger partial charge in [0.15, 0.2) is 0 Å². The predicted molar refractivity (Wildman–Crippen MR) is 56.1 cm³/mol. The van der Waals surface area contributed by atoms with Crippen molar-refractivity contribution in [3.05, 3.63) is 29.3 Å². The van der Waals surface area contributed by atoms with E-state index in [4.69, 9.17) is 5.11 Å². The van der Waals surface area contributed by atoms with Crippen LogP contribution in [0.25, 0.3) is 0 Å². The minimum atomic E-state index is -0.306. The molecule has 1 aromatic rings. The van der Waals surface area contributed by atoms with Gasteiger partial charge in [-0.15, -0.1) is 0 Å². The minimum Gasteiger partial charge on any atom is -0.392 e. The lowest BCUT2D eigenvalue weighted by Crippen LogP contribution is -2.15. The fourth-order valence-corrected chi connectivity index (χ4v) is 1.20. The van der Waals surface area contributed by atoms with Crippen LogP contribution in [0.15, 0.2) is 18.2 Å². The van der Waals surface area contributed by atoms with Crippen LogP contribution in [0.1, 0.15) is 18.1 Å². The Labute approximate surface area is 79.6 Å². The summed E-state index contributed by atoms with van der Waals surface area (Å²) < 4.78 is 0. The van der Waals surface area contributed by atoms with Gasteiger partial charge >= 0.3 is 0 Å². The van der Waals surface area contributed by atoms with E-state index in [1.54, 1.807) is 6.92 Å². The van der Waals surface area contributed by atoms with Crippen molar-refractivity contribution in [2.75, 3.05) is 11.9 Å². The molecule has 0 heterocycles. The molecular weight excluding hydrogens is 162 g/mol. The zero-order valence-corrected chi connectivity index (χ0v) is 8.46. The van der Waals surface area contributed by atoms with E-state index in [1.807, 2.05) is 12.1 Å². The number of hydrogen-bond acceptors (Lipinski definition) is 2. The van der Waals surface area contributed by atoms with Crippen LogP contribution in [-0.4, -0.2) is 17.8 Å². The van der Waals surface area contributed by atoms with Crippen LogP contribution in [0.3, 0.4) is 0 Å². The number of nitrogens with one attached hydrogen (secondary N) is 1. The number of aliphatic hydroxyl groups excluding tert-OH is 1. The van der Waals surface area contributed by atoms with Crippen molar-refractivity contribution in [2.45, 2.75) is 26.9 Å². The lowest BCUT2D eigenvalue weighted by molar-refractivity contribution is 0.208. The Morgan fingerprint density at radius 3 is 2.69 bits per heavy atom. The SMILES string of the molecule is Cc1cccc(NCC(C)O)c1C. The van der Waals surface area contributed by atoms with Crippen molar-refractivity contribution in [1.29, 1.82) is 0 Å². The molecule has 72 valence electrons. The Hall–Kier alpha value is -1.02. The average Bonchev–Trinajstić information content (AvgIpc) is 2.07. The van der Waals surface area contributed by atoms with E-state index in [2.05, 4.69) is 25.2 Å². The van der Waals surface area contributed by atoms with Crippen molar-refractivity contribution in [2.24, 2.45) is 0 Å². The van der Waals surface area contributed by atoms with Gasteiger partial charge in [-0.25, -0.2) is 0 Å². The van der Waals surface area contributed by atoms with Crippen LogP contribution in [-0.2, 0) is 0 Å². The van der Waals surface area contributed by atoms with Gasteiger partial charge in [-0.05, 0) is 38.0 Å². The van der Waals surface area contributed by atoms with Gasteiger partial charge < -0.3 is 10.4 Å². The van der Waals surface area contributed by atoms with Crippen LogP contribution in [0, 0.1) is 13.8 Å². The monoisotopic (exact) mass is 179 g/mol. The Kier molecular flexibility index (Phi) is 3.32. The van der Waals surface area contributed by atoms with Gasteiger partial charge in [0.2, 0.25) is 0 Å². The highest BCUT2D eigenvalue weighted by Crippen LogP contribution is 2.17. The number of rotatable bonds is 3. The fraction of sp³-hybridized carbons (Fsp3) is 0.455. The molecule has 0 saturated carbocycles. The van der Waals surface area contributed by atoms with Crippen molar-refractivity contribution in [3.8, 4) is 0 Å². The molecule has 0 spiro atoms. The summed E-state index contributed by atoms with van der Waals surface area (Å²) in [5.74, 6) is 0. The van der Waals surface area contributed by atoms with Gasteiger partial charge in [0.25, 0.3) is 0 Å². The largest absolute Gasteiger partial charge is 0.392 e. The maximum atomic E-state index is 9.11. The molecule has 13 heavy (non-hydrogen) atoms. The van der Waals surface area contributed by atoms with E-state index in [-0.39, 0.29) is 6.10 Å². The summed E-state index contributed by atoms with van der Waals surface area (Å²) in [6, 6.07) is 6.14. The molecule has 0 fully saturated rings. The Balaban J connectivity index is 2.71. The maximum Gasteiger partial charge on any atom is 0.0684 e. The van der Waals surface area contributed by atoms with Crippen LogP contribution < -0.4 is 5.32 Å². The molecule has 0 saturated heterocycles. The van der Waals surface area contributed by atoms with Gasteiger partial charge in [0.1, 0.15) is 0 Å². The third kappa shape index (κ3) is 2.74. The second-order valence-electron chi connectivity index (χ2n) is 3.48. The zero-order valence-electron chi connectivity index (χ0n) is 8.46. The average molecular weight is 179 g/mol. The number of hydrogen-bond donors (Lipinski definition) is 2. The standard InChI is InChI=1S/C11H17NO/c1-8-5-4-6-11(10(8)3)12-7-9(2)13/h4-6,9,12-13H,7H2,1-3H3. The summed E-state index contributed by atoms with van der Waals surface area (Å²) in [4.78, 5) is 0. The van der Waals surface area contributed by atoms with Crippen molar-refractivity contribution >= 4 is 5.69 Å². The predicted octanol–water partition coefficient (Wildman–Crippen LogP) is 2.10. The zero-order chi connectivity index (χ0) is 9.84. The molecule has 2 nitrogen and oxygen atoms in total. The quantitative estimate of drug-likeness (QED) is 0.744. The van der Waals surface area contributed by atoms with E-state index in [1.165, 1.54) is 11.1 Å². The summed E-state index contributed by atoms with van der Waals surface area (Å²) in [6.07, 6.45) is -0.306. The molecule has 0 aromatic heterocycles. The molecule has 2 heteroatoms. The fourth-order valence-electron chi connectivity index (χ4n) is 1.20. The third-order valence-corrected chi connectivity index (χ3v) is 2.19. The van der Waals surface area contributed by atoms with Gasteiger partial charge in [-0.1, -0.05) is 12.1 Å². The summed E-state index contributed by atoms with van der Waals surface area (Å²) >= 11 is 0. The topological polar surface area (TPSA) is 32.3 Å². The lowest BCUT2D eigenvalue weighted by Gasteiger charge is -2.12. The normalized spacial score (nSPS) is 12.6. The van der Waals surface area contributed by atoms with Crippen molar-refractivity contribution < 1.29 is 5.11 Å². The van der Waals surface area contributed by atoms with E-state index in [9.17, 15) is 0 Å². The molecular formula is C11H17NO. The number of benzene rings is 1. The highest BCUT2D eigenvalue weighted by Gasteiger charge is 2.00. The first kappa shape index (κ1) is 10.1. The van der Waals surface area contributed by atoms with Gasteiger partial charge in [-0.2, -0.15) is 0 Å². The Morgan fingerprint density at radius 1 is 1.38 bits per heavy atom. The van der Waals surface area contributed by atoms with Gasteiger partial charge in [0.05, 0.1) is 6.10 Å². The van der Waals surface area contributed by atoms with E-state index in [0.717, 1.165) is 5.69 Å². The van der Waals surface area contributed by atoms with E-state index < -0.39 is 0 Å². The molecule has 0 aliphatic heterocycles. The Morgan fingerprint density at radius 2 is 2.08 bits per heavy atom. The molecule has 0 radical (unpaired) electrons. The van der Waals surface area contributed by atoms with Crippen LogP contribution >= 0.6 is 0 Å². The molecule has 0 amide bonds. The maximum absolute atomic E-state index is 9.11. The molecule has 0 aliphatic rings. The number of anilines is 1. The van der Waals surface area contributed by atoms with Gasteiger partial charge in [-0.3, -0.25) is 0 Å². The summed E-state index contributed by atoms with van der Waals surface area (Å²) in [7, 11) is 0. The smallest absolute Gasteiger partial charge is 0.0684 e. The highest BCUT2D eigenvalue weighted by atomic mass is 16.3. The molecule has 1 unspecified atom stereocenters. The van der Waals surface area contributed by atoms with E-state index in [0.29, 0.717) is 6.54 Å². The third-order valence-electron chi connectivity index (χ3n) is 2.19. The molecule has 2 N–H and O–H groups in total.